The van der Waals surface area contributed by atoms with Crippen LogP contribution in [-0.2, 0) is 6.54 Å². The minimum Gasteiger partial charge on any atom is -0.370 e. The van der Waals surface area contributed by atoms with Crippen molar-refractivity contribution in [2.24, 2.45) is 0 Å². The molecule has 0 amide bonds. The van der Waals surface area contributed by atoms with E-state index in [1.165, 1.54) is 5.56 Å². The van der Waals surface area contributed by atoms with Gasteiger partial charge >= 0.3 is 0 Å². The topological polar surface area (TPSA) is 20.3 Å². The van der Waals surface area contributed by atoms with Crippen molar-refractivity contribution in [1.82, 2.24) is 0 Å². The highest BCUT2D eigenvalue weighted by Gasteiger charge is 2.13. The van der Waals surface area contributed by atoms with Crippen LogP contribution in [0.1, 0.15) is 22.8 Å². The molecule has 4 heteroatoms. The third-order valence-corrected chi connectivity index (χ3v) is 4.38. The molecule has 2 nitrogen and oxygen atoms in total. The first kappa shape index (κ1) is 15.3. The molecule has 0 saturated carbocycles. The Kier molecular flexibility index (Phi) is 5.00. The molecule has 0 aliphatic rings. The number of carbonyl (C=O) groups excluding carboxylic acids is 1. The minimum absolute atomic E-state index is 0.0697. The Balaban J connectivity index is 2.32. The fraction of sp³-hybridized carbons (Fsp3) is 0.188. The number of rotatable bonds is 4. The van der Waals surface area contributed by atoms with Gasteiger partial charge in [-0.05, 0) is 36.8 Å². The van der Waals surface area contributed by atoms with Crippen LogP contribution in [0, 0.1) is 0 Å². The van der Waals surface area contributed by atoms with Crippen LogP contribution in [0.15, 0.2) is 51.4 Å². The summed E-state index contributed by atoms with van der Waals surface area (Å²) in [6, 6.07) is 13.9. The van der Waals surface area contributed by atoms with Gasteiger partial charge in [0.25, 0.3) is 0 Å². The van der Waals surface area contributed by atoms with Gasteiger partial charge in [0.1, 0.15) is 0 Å². The molecule has 0 bridgehead atoms. The number of nitrogens with zero attached hydrogens (tertiary/aromatic N) is 1. The van der Waals surface area contributed by atoms with Gasteiger partial charge in [0.2, 0.25) is 0 Å². The fourth-order valence-electron chi connectivity index (χ4n) is 2.09. The summed E-state index contributed by atoms with van der Waals surface area (Å²) in [6.07, 6.45) is 0. The van der Waals surface area contributed by atoms with E-state index in [1.807, 2.05) is 43.4 Å². The second kappa shape index (κ2) is 6.55. The third kappa shape index (κ3) is 3.49. The van der Waals surface area contributed by atoms with Crippen LogP contribution in [0.2, 0.25) is 0 Å². The summed E-state index contributed by atoms with van der Waals surface area (Å²) in [5.74, 6) is 0.0697. The van der Waals surface area contributed by atoms with Gasteiger partial charge in [0.15, 0.2) is 5.78 Å². The maximum atomic E-state index is 11.8. The lowest BCUT2D eigenvalue weighted by molar-refractivity contribution is 0.101. The number of halogens is 2. The third-order valence-electron chi connectivity index (χ3n) is 3.11. The second-order valence-corrected chi connectivity index (χ2v) is 6.44. The van der Waals surface area contributed by atoms with Crippen molar-refractivity contribution >= 4 is 43.3 Å². The number of carbonyl (C=O) groups is 1. The Hall–Kier alpha value is -1.13. The van der Waals surface area contributed by atoms with Crippen molar-refractivity contribution in [2.45, 2.75) is 13.5 Å². The fourth-order valence-corrected chi connectivity index (χ4v) is 2.86. The van der Waals surface area contributed by atoms with E-state index in [9.17, 15) is 4.79 Å². The maximum absolute atomic E-state index is 11.8. The Bertz CT molecular complexity index is 640. The van der Waals surface area contributed by atoms with E-state index in [-0.39, 0.29) is 5.78 Å². The quantitative estimate of drug-likeness (QED) is 0.674. The van der Waals surface area contributed by atoms with Gasteiger partial charge in [-0.2, -0.15) is 0 Å². The average Bonchev–Trinajstić information content (AvgIpc) is 2.41. The molecule has 0 aliphatic carbocycles. The standard InChI is InChI=1S/C16H15Br2NO/c1-11(20)14-9-13(17)7-8-16(14)19(2)10-12-5-3-4-6-15(12)18/h3-9H,10H2,1-2H3. The summed E-state index contributed by atoms with van der Waals surface area (Å²) in [5, 5.41) is 0. The van der Waals surface area contributed by atoms with Crippen LogP contribution in [0.5, 0.6) is 0 Å². The highest BCUT2D eigenvalue weighted by molar-refractivity contribution is 9.10. The average molecular weight is 397 g/mol. The molecule has 0 heterocycles. The van der Waals surface area contributed by atoms with Crippen LogP contribution in [0.3, 0.4) is 0 Å². The van der Waals surface area contributed by atoms with E-state index in [0.29, 0.717) is 0 Å². The Morgan fingerprint density at radius 2 is 1.85 bits per heavy atom. The lowest BCUT2D eigenvalue weighted by Crippen LogP contribution is -2.19. The van der Waals surface area contributed by atoms with E-state index in [2.05, 4.69) is 42.8 Å². The molecule has 0 fully saturated rings. The van der Waals surface area contributed by atoms with Crippen LogP contribution in [0.4, 0.5) is 5.69 Å². The van der Waals surface area contributed by atoms with Gasteiger partial charge in [-0.15, -0.1) is 0 Å². The van der Waals surface area contributed by atoms with E-state index in [0.717, 1.165) is 26.7 Å². The molecule has 0 aromatic heterocycles. The summed E-state index contributed by atoms with van der Waals surface area (Å²) in [7, 11) is 2.00. The summed E-state index contributed by atoms with van der Waals surface area (Å²) in [4.78, 5) is 13.9. The van der Waals surface area contributed by atoms with Gasteiger partial charge in [-0.1, -0.05) is 50.1 Å². The molecule has 2 aromatic carbocycles. The zero-order chi connectivity index (χ0) is 14.7. The molecule has 2 rings (SSSR count). The van der Waals surface area contributed by atoms with E-state index >= 15 is 0 Å². The van der Waals surface area contributed by atoms with Crippen LogP contribution >= 0.6 is 31.9 Å². The summed E-state index contributed by atoms with van der Waals surface area (Å²) < 4.78 is 1.99. The van der Waals surface area contributed by atoms with Crippen molar-refractivity contribution in [1.29, 1.82) is 0 Å². The smallest absolute Gasteiger partial charge is 0.161 e. The van der Waals surface area contributed by atoms with Gasteiger partial charge < -0.3 is 4.90 Å². The van der Waals surface area contributed by atoms with Gasteiger partial charge in [0.05, 0.1) is 0 Å². The Morgan fingerprint density at radius 1 is 1.15 bits per heavy atom. The van der Waals surface area contributed by atoms with Gasteiger partial charge in [-0.25, -0.2) is 0 Å². The van der Waals surface area contributed by atoms with Crippen molar-refractivity contribution in [3.05, 3.63) is 62.5 Å². The molecule has 20 heavy (non-hydrogen) atoms. The molecule has 0 N–H and O–H groups in total. The molecule has 0 aliphatic heterocycles. The molecule has 0 saturated heterocycles. The van der Waals surface area contributed by atoms with Crippen LogP contribution in [-0.4, -0.2) is 12.8 Å². The largest absolute Gasteiger partial charge is 0.370 e. The summed E-state index contributed by atoms with van der Waals surface area (Å²) >= 11 is 6.97. The van der Waals surface area contributed by atoms with E-state index in [4.69, 9.17) is 0 Å². The Morgan fingerprint density at radius 3 is 2.50 bits per heavy atom. The number of Topliss-reactive ketones (excluding diaryl/α,β-unsaturated/α-hetero) is 1. The molecular weight excluding hydrogens is 382 g/mol. The van der Waals surface area contributed by atoms with Crippen molar-refractivity contribution < 1.29 is 4.79 Å². The molecule has 0 unspecified atom stereocenters. The van der Waals surface area contributed by atoms with Gasteiger partial charge in [0, 0.05) is 33.8 Å². The highest BCUT2D eigenvalue weighted by atomic mass is 79.9. The van der Waals surface area contributed by atoms with E-state index in [1.54, 1.807) is 6.92 Å². The normalized spacial score (nSPS) is 10.4. The van der Waals surface area contributed by atoms with Crippen LogP contribution in [0.25, 0.3) is 0 Å². The predicted octanol–water partition coefficient (Wildman–Crippen LogP) is 5.05. The zero-order valence-electron chi connectivity index (χ0n) is 11.4. The lowest BCUT2D eigenvalue weighted by atomic mass is 10.1. The molecular formula is C16H15Br2NO. The second-order valence-electron chi connectivity index (χ2n) is 4.67. The molecule has 2 aromatic rings. The number of ketones is 1. The molecule has 0 spiro atoms. The number of benzene rings is 2. The maximum Gasteiger partial charge on any atom is 0.161 e. The first-order valence-electron chi connectivity index (χ1n) is 6.24. The van der Waals surface area contributed by atoms with Crippen molar-refractivity contribution in [3.63, 3.8) is 0 Å². The number of hydrogen-bond donors (Lipinski definition) is 0. The lowest BCUT2D eigenvalue weighted by Gasteiger charge is -2.22. The monoisotopic (exact) mass is 395 g/mol. The Labute approximate surface area is 136 Å². The first-order chi connectivity index (χ1) is 9.49. The number of hydrogen-bond acceptors (Lipinski definition) is 2. The molecule has 0 atom stereocenters. The van der Waals surface area contributed by atoms with Crippen LogP contribution < -0.4 is 4.90 Å². The van der Waals surface area contributed by atoms with Gasteiger partial charge in [-0.3, -0.25) is 4.79 Å². The summed E-state index contributed by atoms with van der Waals surface area (Å²) in [5.41, 5.74) is 2.86. The molecule has 104 valence electrons. The highest BCUT2D eigenvalue weighted by Crippen LogP contribution is 2.27. The SMILES string of the molecule is CC(=O)c1cc(Br)ccc1N(C)Cc1ccccc1Br. The van der Waals surface area contributed by atoms with E-state index < -0.39 is 0 Å². The minimum atomic E-state index is 0.0697. The zero-order valence-corrected chi connectivity index (χ0v) is 14.5. The molecule has 0 radical (unpaired) electrons. The van der Waals surface area contributed by atoms with Crippen molar-refractivity contribution in [3.8, 4) is 0 Å². The predicted molar refractivity (Wildman–Crippen MR) is 90.4 cm³/mol. The number of anilines is 1. The summed E-state index contributed by atoms with van der Waals surface area (Å²) in [6.45, 7) is 2.33. The van der Waals surface area contributed by atoms with Crippen molar-refractivity contribution in [2.75, 3.05) is 11.9 Å². The first-order valence-corrected chi connectivity index (χ1v) is 7.82.